The zero-order chi connectivity index (χ0) is 13.7. The van der Waals surface area contributed by atoms with Crippen molar-refractivity contribution in [3.63, 3.8) is 0 Å². The third-order valence-electron chi connectivity index (χ3n) is 2.47. The van der Waals surface area contributed by atoms with E-state index in [4.69, 9.17) is 5.11 Å². The van der Waals surface area contributed by atoms with Crippen LogP contribution in [0.25, 0.3) is 6.08 Å². The number of rotatable bonds is 4. The van der Waals surface area contributed by atoms with Crippen LogP contribution in [0.1, 0.15) is 22.8 Å². The molecule has 1 aromatic carbocycles. The van der Waals surface area contributed by atoms with Gasteiger partial charge < -0.3 is 10.0 Å². The second-order valence-electron chi connectivity index (χ2n) is 3.73. The fourth-order valence-electron chi connectivity index (χ4n) is 1.32. The first-order valence-electron chi connectivity index (χ1n) is 5.41. The van der Waals surface area contributed by atoms with Gasteiger partial charge in [0.25, 0.3) is 5.91 Å². The molecule has 18 heavy (non-hydrogen) atoms. The van der Waals surface area contributed by atoms with E-state index in [1.54, 1.807) is 7.05 Å². The molecule has 0 bridgehead atoms. The van der Waals surface area contributed by atoms with Gasteiger partial charge in [0.1, 0.15) is 5.82 Å². The fourth-order valence-corrected chi connectivity index (χ4v) is 1.32. The van der Waals surface area contributed by atoms with Crippen molar-refractivity contribution in [3.05, 3.63) is 41.2 Å². The van der Waals surface area contributed by atoms with Gasteiger partial charge in [-0.2, -0.15) is 0 Å². The van der Waals surface area contributed by atoms with Gasteiger partial charge in [-0.15, -0.1) is 0 Å². The van der Waals surface area contributed by atoms with Gasteiger partial charge in [-0.1, -0.05) is 6.07 Å². The van der Waals surface area contributed by atoms with Gasteiger partial charge >= 0.3 is 5.97 Å². The predicted octanol–water partition coefficient (Wildman–Crippen LogP) is 2.02. The van der Waals surface area contributed by atoms with Crippen molar-refractivity contribution in [1.82, 2.24) is 4.90 Å². The number of halogens is 1. The van der Waals surface area contributed by atoms with E-state index in [-0.39, 0.29) is 17.0 Å². The molecular formula is C13H14FNO3. The number of amides is 1. The average Bonchev–Trinajstić information content (AvgIpc) is 2.35. The molecule has 96 valence electrons. The van der Waals surface area contributed by atoms with Gasteiger partial charge in [-0.3, -0.25) is 4.79 Å². The molecule has 0 fully saturated rings. The van der Waals surface area contributed by atoms with Crippen LogP contribution in [0.2, 0.25) is 0 Å². The smallest absolute Gasteiger partial charge is 0.328 e. The Hall–Kier alpha value is -2.17. The molecule has 0 saturated heterocycles. The molecule has 1 rings (SSSR count). The molecule has 0 radical (unpaired) electrons. The highest BCUT2D eigenvalue weighted by molar-refractivity contribution is 5.94. The van der Waals surface area contributed by atoms with E-state index in [2.05, 4.69) is 0 Å². The van der Waals surface area contributed by atoms with Gasteiger partial charge in [0.15, 0.2) is 0 Å². The number of nitrogens with zero attached hydrogens (tertiary/aromatic N) is 1. The Morgan fingerprint density at radius 2 is 2.11 bits per heavy atom. The highest BCUT2D eigenvalue weighted by Crippen LogP contribution is 2.13. The number of carboxylic acids is 1. The Kier molecular flexibility index (Phi) is 4.59. The lowest BCUT2D eigenvalue weighted by molar-refractivity contribution is -0.131. The molecule has 0 aliphatic rings. The number of benzene rings is 1. The summed E-state index contributed by atoms with van der Waals surface area (Å²) in [4.78, 5) is 23.5. The molecule has 0 aliphatic carbocycles. The van der Waals surface area contributed by atoms with Gasteiger partial charge in [-0.05, 0) is 25.1 Å². The van der Waals surface area contributed by atoms with E-state index in [0.29, 0.717) is 6.54 Å². The first-order valence-corrected chi connectivity index (χ1v) is 5.41. The third-order valence-corrected chi connectivity index (χ3v) is 2.47. The van der Waals surface area contributed by atoms with Crippen LogP contribution in [0.5, 0.6) is 0 Å². The second kappa shape index (κ2) is 5.95. The Morgan fingerprint density at radius 1 is 1.44 bits per heavy atom. The topological polar surface area (TPSA) is 57.6 Å². The summed E-state index contributed by atoms with van der Waals surface area (Å²) in [5.41, 5.74) is 0.373. The maximum Gasteiger partial charge on any atom is 0.328 e. The molecule has 0 aliphatic heterocycles. The van der Waals surface area contributed by atoms with Gasteiger partial charge in [0.2, 0.25) is 0 Å². The van der Waals surface area contributed by atoms with Crippen molar-refractivity contribution in [2.75, 3.05) is 13.6 Å². The van der Waals surface area contributed by atoms with E-state index >= 15 is 0 Å². The maximum atomic E-state index is 13.6. The zero-order valence-electron chi connectivity index (χ0n) is 10.2. The number of hydrogen-bond acceptors (Lipinski definition) is 2. The van der Waals surface area contributed by atoms with Gasteiger partial charge in [-0.25, -0.2) is 9.18 Å². The molecule has 0 spiro atoms. The summed E-state index contributed by atoms with van der Waals surface area (Å²) in [6.45, 7) is 2.35. The van der Waals surface area contributed by atoms with Crippen molar-refractivity contribution in [1.29, 1.82) is 0 Å². The second-order valence-corrected chi connectivity index (χ2v) is 3.73. The third kappa shape index (κ3) is 3.41. The highest BCUT2D eigenvalue weighted by atomic mass is 19.1. The standard InChI is InChI=1S/C13H14FNO3/c1-3-15(2)13(18)10-5-4-9(11(14)8-10)6-7-12(16)17/h4-8H,3H2,1-2H3,(H,16,17). The van der Waals surface area contributed by atoms with Crippen molar-refractivity contribution in [2.24, 2.45) is 0 Å². The average molecular weight is 251 g/mol. The molecule has 0 unspecified atom stereocenters. The highest BCUT2D eigenvalue weighted by Gasteiger charge is 2.11. The van der Waals surface area contributed by atoms with Crippen LogP contribution in [0.15, 0.2) is 24.3 Å². The van der Waals surface area contributed by atoms with Crippen molar-refractivity contribution >= 4 is 18.0 Å². The largest absolute Gasteiger partial charge is 0.478 e. The normalized spacial score (nSPS) is 10.6. The molecule has 1 aromatic rings. The number of carbonyl (C=O) groups excluding carboxylic acids is 1. The predicted molar refractivity (Wildman–Crippen MR) is 65.7 cm³/mol. The van der Waals surface area contributed by atoms with Gasteiger partial charge in [0, 0.05) is 30.8 Å². The lowest BCUT2D eigenvalue weighted by Crippen LogP contribution is -2.26. The van der Waals surface area contributed by atoms with Crippen LogP contribution in [-0.4, -0.2) is 35.5 Å². The van der Waals surface area contributed by atoms with E-state index in [1.807, 2.05) is 6.92 Å². The molecule has 0 saturated carbocycles. The number of aliphatic carboxylic acids is 1. The Balaban J connectivity index is 2.99. The maximum absolute atomic E-state index is 13.6. The number of carbonyl (C=O) groups is 2. The molecule has 5 heteroatoms. The summed E-state index contributed by atoms with van der Waals surface area (Å²) in [7, 11) is 1.62. The first-order chi connectivity index (χ1) is 8.45. The molecule has 0 atom stereocenters. The quantitative estimate of drug-likeness (QED) is 0.833. The van der Waals surface area contributed by atoms with Crippen LogP contribution in [0.3, 0.4) is 0 Å². The van der Waals surface area contributed by atoms with Crippen LogP contribution >= 0.6 is 0 Å². The SMILES string of the molecule is CCN(C)C(=O)c1ccc(C=CC(=O)O)c(F)c1. The van der Waals surface area contributed by atoms with E-state index in [1.165, 1.54) is 17.0 Å². The van der Waals surface area contributed by atoms with Crippen LogP contribution < -0.4 is 0 Å². The van der Waals surface area contributed by atoms with Crippen LogP contribution in [0, 0.1) is 5.82 Å². The Labute approximate surface area is 104 Å². The molecule has 1 amide bonds. The summed E-state index contributed by atoms with van der Waals surface area (Å²) in [6.07, 6.45) is 1.99. The van der Waals surface area contributed by atoms with Crippen LogP contribution in [0.4, 0.5) is 4.39 Å². The minimum Gasteiger partial charge on any atom is -0.478 e. The van der Waals surface area contributed by atoms with E-state index in [0.717, 1.165) is 18.2 Å². The Morgan fingerprint density at radius 3 is 2.61 bits per heavy atom. The molecule has 4 nitrogen and oxygen atoms in total. The van der Waals surface area contributed by atoms with Crippen molar-refractivity contribution in [2.45, 2.75) is 6.92 Å². The minimum absolute atomic E-state index is 0.133. The molecule has 0 heterocycles. The first kappa shape index (κ1) is 13.9. The summed E-state index contributed by atoms with van der Waals surface area (Å²) in [5, 5.41) is 8.44. The van der Waals surface area contributed by atoms with E-state index < -0.39 is 11.8 Å². The summed E-state index contributed by atoms with van der Waals surface area (Å²) in [6, 6.07) is 3.96. The summed E-state index contributed by atoms with van der Waals surface area (Å²) < 4.78 is 13.6. The number of carboxylic acid groups (broad SMARTS) is 1. The molecule has 0 aromatic heterocycles. The minimum atomic E-state index is -1.15. The molecule has 1 N–H and O–H groups in total. The zero-order valence-corrected chi connectivity index (χ0v) is 10.2. The van der Waals surface area contributed by atoms with Crippen molar-refractivity contribution in [3.8, 4) is 0 Å². The fraction of sp³-hybridized carbons (Fsp3) is 0.231. The van der Waals surface area contributed by atoms with Crippen LogP contribution in [-0.2, 0) is 4.79 Å². The lowest BCUT2D eigenvalue weighted by atomic mass is 10.1. The number of hydrogen-bond donors (Lipinski definition) is 1. The summed E-state index contributed by atoms with van der Waals surface area (Å²) >= 11 is 0. The van der Waals surface area contributed by atoms with Crippen molar-refractivity contribution < 1.29 is 19.1 Å². The lowest BCUT2D eigenvalue weighted by Gasteiger charge is -2.14. The monoisotopic (exact) mass is 251 g/mol. The Bertz CT molecular complexity index is 497. The van der Waals surface area contributed by atoms with Gasteiger partial charge in [0.05, 0.1) is 0 Å². The van der Waals surface area contributed by atoms with E-state index in [9.17, 15) is 14.0 Å². The molecular weight excluding hydrogens is 237 g/mol. The summed E-state index contributed by atoms with van der Waals surface area (Å²) in [5.74, 6) is -2.05.